The topological polar surface area (TPSA) is 55.1 Å². The van der Waals surface area contributed by atoms with Crippen molar-refractivity contribution >= 4 is 29.7 Å². The molecule has 0 spiro atoms. The number of hydrogen-bond acceptors (Lipinski definition) is 3. The van der Waals surface area contributed by atoms with Gasteiger partial charge in [0.2, 0.25) is 5.91 Å². The fourth-order valence-corrected chi connectivity index (χ4v) is 2.29. The van der Waals surface area contributed by atoms with Crippen LogP contribution < -0.4 is 11.1 Å². The molecule has 0 aromatic carbocycles. The quantitative estimate of drug-likeness (QED) is 0.784. The predicted molar refractivity (Wildman–Crippen MR) is 75.9 cm³/mol. The van der Waals surface area contributed by atoms with Gasteiger partial charge in [0.05, 0.1) is 5.41 Å². The Morgan fingerprint density at radius 3 is 2.71 bits per heavy atom. The molecule has 3 nitrogen and oxygen atoms in total. The molecule has 3 N–H and O–H groups in total. The lowest BCUT2D eigenvalue weighted by molar-refractivity contribution is -0.125. The van der Waals surface area contributed by atoms with Gasteiger partial charge < -0.3 is 11.1 Å². The smallest absolute Gasteiger partial charge is 0.230 e. The molecule has 0 aliphatic heterocycles. The second kappa shape index (κ2) is 7.69. The zero-order valence-electron chi connectivity index (χ0n) is 10.4. The van der Waals surface area contributed by atoms with Gasteiger partial charge in [-0.15, -0.1) is 23.7 Å². The Kier molecular flexibility index (Phi) is 7.43. The molecule has 1 heterocycles. The molecule has 0 unspecified atom stereocenters. The number of thiophene rings is 1. The van der Waals surface area contributed by atoms with Gasteiger partial charge in [-0.1, -0.05) is 6.07 Å². The number of nitrogens with one attached hydrogen (secondary N) is 1. The summed E-state index contributed by atoms with van der Waals surface area (Å²) in [7, 11) is 0. The van der Waals surface area contributed by atoms with E-state index in [1.807, 2.05) is 31.4 Å². The minimum absolute atomic E-state index is 0. The van der Waals surface area contributed by atoms with Crippen molar-refractivity contribution in [1.29, 1.82) is 0 Å². The largest absolute Gasteiger partial charge is 0.355 e. The van der Waals surface area contributed by atoms with Crippen molar-refractivity contribution in [3.63, 3.8) is 0 Å². The molecule has 0 aliphatic carbocycles. The van der Waals surface area contributed by atoms with Crippen LogP contribution in [-0.4, -0.2) is 19.0 Å². The summed E-state index contributed by atoms with van der Waals surface area (Å²) in [5, 5.41) is 4.96. The molecule has 0 fully saturated rings. The number of carbonyl (C=O) groups excluding carboxylic acids is 1. The first kappa shape index (κ1) is 16.4. The molecule has 0 aliphatic rings. The summed E-state index contributed by atoms with van der Waals surface area (Å²) in [4.78, 5) is 13.1. The summed E-state index contributed by atoms with van der Waals surface area (Å²) in [6, 6.07) is 3.98. The van der Waals surface area contributed by atoms with E-state index in [0.717, 1.165) is 17.7 Å². The number of rotatable bonds is 6. The lowest BCUT2D eigenvalue weighted by Gasteiger charge is -2.22. The summed E-state index contributed by atoms with van der Waals surface area (Å²) >= 11 is 1.62. The van der Waals surface area contributed by atoms with Crippen molar-refractivity contribution in [3.05, 3.63) is 22.4 Å². The zero-order valence-corrected chi connectivity index (χ0v) is 12.0. The van der Waals surface area contributed by atoms with Crippen molar-refractivity contribution in [2.45, 2.75) is 32.1 Å². The van der Waals surface area contributed by atoms with Gasteiger partial charge in [-0.2, -0.15) is 0 Å². The SMILES string of the molecule is CC(C)(C(=O)NCCCCN)c1cccs1.Cl. The minimum Gasteiger partial charge on any atom is -0.355 e. The fourth-order valence-electron chi connectivity index (χ4n) is 1.44. The van der Waals surface area contributed by atoms with Gasteiger partial charge in [-0.05, 0) is 44.7 Å². The highest BCUT2D eigenvalue weighted by atomic mass is 35.5. The van der Waals surface area contributed by atoms with Crippen LogP contribution in [0.4, 0.5) is 0 Å². The number of carbonyl (C=O) groups is 1. The second-order valence-corrected chi connectivity index (χ2v) is 5.30. The summed E-state index contributed by atoms with van der Waals surface area (Å²) in [5.74, 6) is 0.0898. The van der Waals surface area contributed by atoms with Crippen molar-refractivity contribution in [3.8, 4) is 0 Å². The van der Waals surface area contributed by atoms with Crippen LogP contribution in [0.1, 0.15) is 31.6 Å². The maximum absolute atomic E-state index is 12.0. The van der Waals surface area contributed by atoms with Crippen molar-refractivity contribution < 1.29 is 4.79 Å². The van der Waals surface area contributed by atoms with E-state index in [0.29, 0.717) is 13.1 Å². The zero-order chi connectivity index (χ0) is 12.0. The Labute approximate surface area is 113 Å². The van der Waals surface area contributed by atoms with Gasteiger partial charge >= 0.3 is 0 Å². The predicted octanol–water partition coefficient (Wildman–Crippen LogP) is 2.30. The van der Waals surface area contributed by atoms with Gasteiger partial charge in [0.25, 0.3) is 0 Å². The van der Waals surface area contributed by atoms with Gasteiger partial charge in [0.15, 0.2) is 0 Å². The maximum Gasteiger partial charge on any atom is 0.230 e. The van der Waals surface area contributed by atoms with E-state index in [1.54, 1.807) is 11.3 Å². The van der Waals surface area contributed by atoms with Gasteiger partial charge in [0.1, 0.15) is 0 Å². The lowest BCUT2D eigenvalue weighted by atomic mass is 9.90. The molecule has 0 atom stereocenters. The number of halogens is 1. The first-order valence-corrected chi connectivity index (χ1v) is 6.49. The van der Waals surface area contributed by atoms with E-state index in [1.165, 1.54) is 0 Å². The molecule has 1 amide bonds. The van der Waals surface area contributed by atoms with Crippen molar-refractivity contribution in [1.82, 2.24) is 5.32 Å². The molecular formula is C12H21ClN2OS. The summed E-state index contributed by atoms with van der Waals surface area (Å²) in [6.45, 7) is 5.31. The van der Waals surface area contributed by atoms with Crippen LogP contribution in [0.5, 0.6) is 0 Å². The molecule has 0 bridgehead atoms. The average Bonchev–Trinajstić information content (AvgIpc) is 2.77. The Hall–Kier alpha value is -0.580. The molecule has 1 rings (SSSR count). The Morgan fingerprint density at radius 2 is 2.18 bits per heavy atom. The van der Waals surface area contributed by atoms with Gasteiger partial charge in [-0.25, -0.2) is 0 Å². The van der Waals surface area contributed by atoms with Crippen LogP contribution in [0.25, 0.3) is 0 Å². The molecule has 0 saturated carbocycles. The standard InChI is InChI=1S/C12H20N2OS.ClH/c1-12(2,10-6-5-9-16-10)11(15)14-8-4-3-7-13;/h5-6,9H,3-4,7-8,13H2,1-2H3,(H,14,15);1H. The van der Waals surface area contributed by atoms with Crippen LogP contribution in [0.2, 0.25) is 0 Å². The normalized spacial score (nSPS) is 10.8. The van der Waals surface area contributed by atoms with Gasteiger partial charge in [0, 0.05) is 11.4 Å². The molecule has 1 aromatic heterocycles. The number of hydrogen-bond donors (Lipinski definition) is 2. The highest BCUT2D eigenvalue weighted by molar-refractivity contribution is 7.10. The monoisotopic (exact) mass is 276 g/mol. The third kappa shape index (κ3) is 4.66. The molecule has 0 saturated heterocycles. The summed E-state index contributed by atoms with van der Waals surface area (Å²) in [5.41, 5.74) is 4.96. The molecule has 0 radical (unpaired) electrons. The van der Waals surface area contributed by atoms with E-state index in [2.05, 4.69) is 5.32 Å². The molecule has 98 valence electrons. The van der Waals surface area contributed by atoms with E-state index in [-0.39, 0.29) is 18.3 Å². The number of unbranched alkanes of at least 4 members (excludes halogenated alkanes) is 1. The van der Waals surface area contributed by atoms with Crippen molar-refractivity contribution in [2.24, 2.45) is 5.73 Å². The van der Waals surface area contributed by atoms with E-state index < -0.39 is 5.41 Å². The van der Waals surface area contributed by atoms with Crippen LogP contribution in [0, 0.1) is 0 Å². The van der Waals surface area contributed by atoms with E-state index in [4.69, 9.17) is 5.73 Å². The highest BCUT2D eigenvalue weighted by Gasteiger charge is 2.30. The van der Waals surface area contributed by atoms with Crippen LogP contribution in [-0.2, 0) is 10.2 Å². The molecular weight excluding hydrogens is 256 g/mol. The van der Waals surface area contributed by atoms with E-state index in [9.17, 15) is 4.79 Å². The van der Waals surface area contributed by atoms with E-state index >= 15 is 0 Å². The minimum atomic E-state index is -0.434. The Bertz CT molecular complexity index is 325. The third-order valence-corrected chi connectivity index (χ3v) is 3.81. The summed E-state index contributed by atoms with van der Waals surface area (Å²) < 4.78 is 0. The first-order chi connectivity index (χ1) is 7.59. The third-order valence-electron chi connectivity index (χ3n) is 2.62. The highest BCUT2D eigenvalue weighted by Crippen LogP contribution is 2.27. The average molecular weight is 277 g/mol. The maximum atomic E-state index is 12.0. The molecule has 17 heavy (non-hydrogen) atoms. The fraction of sp³-hybridized carbons (Fsp3) is 0.583. The van der Waals surface area contributed by atoms with Crippen LogP contribution in [0.15, 0.2) is 17.5 Å². The Morgan fingerprint density at radius 1 is 1.47 bits per heavy atom. The number of nitrogens with two attached hydrogens (primary N) is 1. The van der Waals surface area contributed by atoms with Crippen LogP contribution in [0.3, 0.4) is 0 Å². The molecule has 1 aromatic rings. The summed E-state index contributed by atoms with van der Waals surface area (Å²) in [6.07, 6.45) is 1.91. The van der Waals surface area contributed by atoms with Crippen molar-refractivity contribution in [2.75, 3.05) is 13.1 Å². The Balaban J connectivity index is 0.00000256. The van der Waals surface area contributed by atoms with Gasteiger partial charge in [-0.3, -0.25) is 4.79 Å². The number of amides is 1. The lowest BCUT2D eigenvalue weighted by Crippen LogP contribution is -2.40. The van der Waals surface area contributed by atoms with Crippen LogP contribution >= 0.6 is 23.7 Å². The molecule has 5 heteroatoms. The first-order valence-electron chi connectivity index (χ1n) is 5.61. The second-order valence-electron chi connectivity index (χ2n) is 4.35.